The number of amides is 1. The highest BCUT2D eigenvalue weighted by Crippen LogP contribution is 2.51. The molecule has 2 N–H and O–H groups in total. The van der Waals surface area contributed by atoms with E-state index >= 15 is 0 Å². The summed E-state index contributed by atoms with van der Waals surface area (Å²) in [6.45, 7) is 11.8. The Hall–Kier alpha value is -1.35. The molecule has 2 aliphatic heterocycles. The van der Waals surface area contributed by atoms with Crippen molar-refractivity contribution in [3.05, 3.63) is 28.1 Å². The van der Waals surface area contributed by atoms with Crippen molar-refractivity contribution >= 4 is 61.8 Å². The second-order valence-corrected chi connectivity index (χ2v) is 12.5. The minimum Gasteiger partial charge on any atom is -0.497 e. The van der Waals surface area contributed by atoms with Gasteiger partial charge in [0.15, 0.2) is 0 Å². The molecule has 1 saturated heterocycles. The second-order valence-electron chi connectivity index (χ2n) is 8.00. The van der Waals surface area contributed by atoms with E-state index in [1.54, 1.807) is 7.11 Å². The number of thioether (sulfide) groups is 2. The predicted molar refractivity (Wildman–Crippen MR) is 151 cm³/mol. The number of anilines is 1. The number of hydrogen-bond donors (Lipinski definition) is 2. The third-order valence-corrected chi connectivity index (χ3v) is 9.89. The number of carbonyl (C=O) groups is 1. The number of rotatable bonds is 10. The first-order valence-electron chi connectivity index (χ1n) is 11.7. The van der Waals surface area contributed by atoms with Crippen LogP contribution in [0.2, 0.25) is 0 Å². The first kappa shape index (κ1) is 30.9. The van der Waals surface area contributed by atoms with Crippen molar-refractivity contribution in [1.82, 2.24) is 9.80 Å². The van der Waals surface area contributed by atoms with E-state index in [0.717, 1.165) is 22.3 Å². The lowest BCUT2D eigenvalue weighted by molar-refractivity contribution is -0.122. The van der Waals surface area contributed by atoms with Gasteiger partial charge < -0.3 is 19.6 Å². The molecule has 1 fully saturated rings. The Morgan fingerprint density at radius 1 is 1.11 bits per heavy atom. The van der Waals surface area contributed by atoms with Crippen LogP contribution in [-0.2, 0) is 14.9 Å². The van der Waals surface area contributed by atoms with Crippen LogP contribution in [0.3, 0.4) is 0 Å². The van der Waals surface area contributed by atoms with Crippen LogP contribution < -0.4 is 9.64 Å². The van der Waals surface area contributed by atoms with E-state index in [1.807, 2.05) is 23.1 Å². The number of aliphatic hydroxyl groups is 1. The van der Waals surface area contributed by atoms with Crippen molar-refractivity contribution in [3.8, 4) is 5.75 Å². The number of ether oxygens (including phenoxy) is 1. The van der Waals surface area contributed by atoms with Gasteiger partial charge in [0.1, 0.15) is 20.0 Å². The van der Waals surface area contributed by atoms with Crippen LogP contribution in [0.5, 0.6) is 5.75 Å². The topological polar surface area (TPSA) is 111 Å². The summed E-state index contributed by atoms with van der Waals surface area (Å²) in [6.07, 6.45) is 0.163. The number of benzene rings is 1. The highest BCUT2D eigenvalue weighted by Gasteiger charge is 2.39. The van der Waals surface area contributed by atoms with Crippen LogP contribution in [0.4, 0.5) is 5.69 Å². The van der Waals surface area contributed by atoms with Crippen molar-refractivity contribution in [1.29, 1.82) is 0 Å². The predicted octanol–water partition coefficient (Wildman–Crippen LogP) is 3.64. The lowest BCUT2D eigenvalue weighted by Crippen LogP contribution is -2.32. The van der Waals surface area contributed by atoms with Crippen LogP contribution in [0.1, 0.15) is 34.1 Å². The summed E-state index contributed by atoms with van der Waals surface area (Å²) in [5, 5.41) is 8.89. The summed E-state index contributed by atoms with van der Waals surface area (Å²) in [4.78, 5) is 19.8. The van der Waals surface area contributed by atoms with Crippen molar-refractivity contribution in [2.24, 2.45) is 0 Å². The maximum atomic E-state index is 12.9. The highest BCUT2D eigenvalue weighted by molar-refractivity contribution is 8.27. The Kier molecular flexibility index (Phi) is 12.0. The lowest BCUT2D eigenvalue weighted by atomic mass is 10.2. The largest absolute Gasteiger partial charge is 0.497 e. The molecule has 0 spiro atoms. The molecular formula is C23H35N3O6S4. The average Bonchev–Trinajstić information content (AvgIpc) is 3.34. The fourth-order valence-corrected chi connectivity index (χ4v) is 6.56. The zero-order chi connectivity index (χ0) is 27.0. The molecule has 0 saturated carbocycles. The van der Waals surface area contributed by atoms with E-state index in [-0.39, 0.29) is 32.0 Å². The Labute approximate surface area is 228 Å². The Balaban J connectivity index is 0.000000572. The van der Waals surface area contributed by atoms with Gasteiger partial charge in [-0.3, -0.25) is 14.2 Å². The van der Waals surface area contributed by atoms with E-state index < -0.39 is 15.4 Å². The number of fused-ring (bicyclic) bond motifs is 1. The van der Waals surface area contributed by atoms with E-state index in [0.29, 0.717) is 20.0 Å². The van der Waals surface area contributed by atoms with E-state index in [2.05, 4.69) is 25.7 Å². The van der Waals surface area contributed by atoms with Crippen LogP contribution in [0.25, 0.3) is 0 Å². The number of methoxy groups -OCH3 is 1. The van der Waals surface area contributed by atoms with E-state index in [9.17, 15) is 22.9 Å². The molecule has 0 aromatic heterocycles. The molecule has 2 aliphatic rings. The highest BCUT2D eigenvalue weighted by atomic mass is 32.2. The second kappa shape index (κ2) is 14.0. The van der Waals surface area contributed by atoms with Gasteiger partial charge in [-0.15, -0.1) is 0 Å². The smallest absolute Gasteiger partial charge is 0.268 e. The normalized spacial score (nSPS) is 18.4. The molecule has 0 bridgehead atoms. The Morgan fingerprint density at radius 2 is 1.75 bits per heavy atom. The fourth-order valence-electron chi connectivity index (χ4n) is 3.53. The molecule has 1 aromatic carbocycles. The van der Waals surface area contributed by atoms with Gasteiger partial charge >= 0.3 is 0 Å². The third kappa shape index (κ3) is 7.59. The minimum atomic E-state index is -4.16. The number of hydrogen-bond acceptors (Lipinski definition) is 10. The monoisotopic (exact) mass is 577 g/mol. The maximum Gasteiger partial charge on any atom is 0.268 e. The van der Waals surface area contributed by atoms with Gasteiger partial charge in [-0.1, -0.05) is 56.5 Å². The number of nitrogens with zero attached hydrogens (tertiary/aromatic N) is 3. The van der Waals surface area contributed by atoms with Crippen LogP contribution >= 0.6 is 35.7 Å². The summed E-state index contributed by atoms with van der Waals surface area (Å²) in [6, 6.07) is 5.51. The summed E-state index contributed by atoms with van der Waals surface area (Å²) in [5.41, 5.74) is 0.791. The van der Waals surface area contributed by atoms with E-state index in [4.69, 9.17) is 17.0 Å². The Morgan fingerprint density at radius 3 is 2.25 bits per heavy atom. The first-order chi connectivity index (χ1) is 17.0. The lowest BCUT2D eigenvalue weighted by Gasteiger charge is -2.23. The van der Waals surface area contributed by atoms with Crippen molar-refractivity contribution in [2.75, 3.05) is 51.3 Å². The summed E-state index contributed by atoms with van der Waals surface area (Å²) < 4.78 is 37.8. The summed E-state index contributed by atoms with van der Waals surface area (Å²) in [7, 11) is -2.61. The SMILES string of the molecule is CCN(CC)CC.COc1ccc2c(c1)N(CCC(C)S(=O)(=O)O)/C(=C1\SC(=S)N(CCO)C1=O)S2. The van der Waals surface area contributed by atoms with Gasteiger partial charge in [0, 0.05) is 17.5 Å². The van der Waals surface area contributed by atoms with Crippen LogP contribution in [0, 0.1) is 0 Å². The molecule has 1 aromatic rings. The molecule has 13 heteroatoms. The Bertz CT molecular complexity index is 1070. The van der Waals surface area contributed by atoms with Gasteiger partial charge in [-0.25, -0.2) is 0 Å². The molecule has 202 valence electrons. The number of β-amino-alcohol motifs (C(OH)–C–C–N with tert-alkyl or cyclic N) is 1. The standard InChI is InChI=1S/C17H20N2O6S4.C6H15N/c1-10(29(22,23)24)5-6-18-12-9-11(25-2)3-4-13(12)27-16(18)14-15(21)19(7-8-20)17(26)28-14;1-4-7(5-2)6-3/h3-4,9-10,20H,5-8H2,1-2H3,(H,22,23,24);4-6H2,1-3H3/b16-14+;. The van der Waals surface area contributed by atoms with E-state index in [1.165, 1.54) is 43.2 Å². The van der Waals surface area contributed by atoms with Gasteiger partial charge in [0.2, 0.25) is 0 Å². The quantitative estimate of drug-likeness (QED) is 0.242. The molecule has 36 heavy (non-hydrogen) atoms. The zero-order valence-electron chi connectivity index (χ0n) is 21.3. The number of aliphatic hydroxyl groups excluding tert-OH is 1. The van der Waals surface area contributed by atoms with Gasteiger partial charge in [0.25, 0.3) is 16.0 Å². The summed E-state index contributed by atoms with van der Waals surface area (Å²) >= 11 is 7.83. The minimum absolute atomic E-state index is 0.118. The van der Waals surface area contributed by atoms with Gasteiger partial charge in [0.05, 0.1) is 31.2 Å². The molecule has 2 heterocycles. The third-order valence-electron chi connectivity index (χ3n) is 5.89. The van der Waals surface area contributed by atoms with Gasteiger partial charge in [-0.2, -0.15) is 8.42 Å². The zero-order valence-corrected chi connectivity index (χ0v) is 24.5. The number of thiocarbonyl (C=S) groups is 1. The summed E-state index contributed by atoms with van der Waals surface area (Å²) in [5.74, 6) is 0.343. The molecule has 1 atom stereocenters. The average molecular weight is 578 g/mol. The molecule has 3 rings (SSSR count). The molecule has 9 nitrogen and oxygen atoms in total. The van der Waals surface area contributed by atoms with Gasteiger partial charge in [-0.05, 0) is 45.1 Å². The number of carbonyl (C=O) groups excluding carboxylic acids is 1. The molecule has 1 unspecified atom stereocenters. The van der Waals surface area contributed by atoms with Crippen molar-refractivity contribution < 1.29 is 27.6 Å². The van der Waals surface area contributed by atoms with Crippen molar-refractivity contribution in [3.63, 3.8) is 0 Å². The molecule has 0 aliphatic carbocycles. The molecule has 1 amide bonds. The van der Waals surface area contributed by atoms with Crippen molar-refractivity contribution in [2.45, 2.75) is 44.3 Å². The first-order valence-corrected chi connectivity index (χ1v) is 15.3. The maximum absolute atomic E-state index is 12.9. The molecular weight excluding hydrogens is 543 g/mol. The van der Waals surface area contributed by atoms with Crippen LogP contribution in [0.15, 0.2) is 33.0 Å². The van der Waals surface area contributed by atoms with Crippen LogP contribution in [-0.4, -0.2) is 89.8 Å². The molecule has 0 radical (unpaired) electrons. The fraction of sp³-hybridized carbons (Fsp3) is 0.565.